The van der Waals surface area contributed by atoms with E-state index in [4.69, 9.17) is 14.0 Å². The molecule has 122 valence electrons. The fraction of sp³-hybridized carbons (Fsp3) is 0.684. The summed E-state index contributed by atoms with van der Waals surface area (Å²) in [6.07, 6.45) is 4.67. The predicted molar refractivity (Wildman–Crippen MR) is 89.9 cm³/mol. The zero-order chi connectivity index (χ0) is 16.1. The summed E-state index contributed by atoms with van der Waals surface area (Å²) >= 11 is 0. The second-order valence-corrected chi connectivity index (χ2v) is 9.18. The Morgan fingerprint density at radius 3 is 2.26 bits per heavy atom. The quantitative estimate of drug-likeness (QED) is 0.776. The summed E-state index contributed by atoms with van der Waals surface area (Å²) in [7, 11) is -0.0351. The van der Waals surface area contributed by atoms with Crippen LogP contribution in [-0.2, 0) is 21.1 Å². The summed E-state index contributed by atoms with van der Waals surface area (Å²) in [6.45, 7) is 9.43. The molecule has 3 aliphatic carbocycles. The molecule has 1 saturated heterocycles. The Labute approximate surface area is 138 Å². The number of rotatable bonds is 2. The van der Waals surface area contributed by atoms with E-state index < -0.39 is 0 Å². The van der Waals surface area contributed by atoms with E-state index >= 15 is 0 Å². The smallest absolute Gasteiger partial charge is 0.464 e. The Morgan fingerprint density at radius 1 is 0.957 bits per heavy atom. The summed E-state index contributed by atoms with van der Waals surface area (Å²) in [5, 5.41) is 0.251. The van der Waals surface area contributed by atoms with Gasteiger partial charge in [0.1, 0.15) is 5.75 Å². The molecular weight excluding hydrogens is 287 g/mol. The lowest BCUT2D eigenvalue weighted by molar-refractivity contribution is -0.0383. The summed E-state index contributed by atoms with van der Waals surface area (Å²) < 4.78 is 18.3. The molecule has 23 heavy (non-hydrogen) atoms. The highest BCUT2D eigenvalue weighted by atomic mass is 16.7. The molecule has 2 bridgehead atoms. The Balaban J connectivity index is 1.35. The van der Waals surface area contributed by atoms with Crippen LogP contribution >= 0.6 is 0 Å². The SMILES string of the molecule is CC1(C)OB(C23CC(c4ccc5c(c4)CCO5)(C2)C3)OC1(C)C. The van der Waals surface area contributed by atoms with Crippen LogP contribution < -0.4 is 4.74 Å². The molecule has 3 nitrogen and oxygen atoms in total. The van der Waals surface area contributed by atoms with Crippen molar-refractivity contribution >= 4 is 7.12 Å². The van der Waals surface area contributed by atoms with Gasteiger partial charge in [0, 0.05) is 11.7 Å². The molecule has 5 aliphatic rings. The van der Waals surface area contributed by atoms with Crippen LogP contribution in [-0.4, -0.2) is 24.9 Å². The van der Waals surface area contributed by atoms with Gasteiger partial charge in [-0.05, 0) is 69.6 Å². The number of hydrogen-bond donors (Lipinski definition) is 0. The molecule has 1 aromatic rings. The van der Waals surface area contributed by atoms with Gasteiger partial charge in [-0.25, -0.2) is 0 Å². The predicted octanol–water partition coefficient (Wildman–Crippen LogP) is 3.89. The molecule has 4 heteroatoms. The third kappa shape index (κ3) is 1.69. The average molecular weight is 312 g/mol. The molecule has 0 aromatic heterocycles. The summed E-state index contributed by atoms with van der Waals surface area (Å²) in [4.78, 5) is 0. The average Bonchev–Trinajstić information content (AvgIpc) is 2.88. The van der Waals surface area contributed by atoms with Crippen LogP contribution in [0, 0.1) is 0 Å². The highest BCUT2D eigenvalue weighted by molar-refractivity contribution is 6.51. The minimum Gasteiger partial charge on any atom is -0.493 e. The van der Waals surface area contributed by atoms with E-state index in [2.05, 4.69) is 45.9 Å². The van der Waals surface area contributed by atoms with Crippen molar-refractivity contribution in [3.8, 4) is 5.75 Å². The fourth-order valence-electron chi connectivity index (χ4n) is 5.03. The van der Waals surface area contributed by atoms with E-state index in [9.17, 15) is 0 Å². The van der Waals surface area contributed by atoms with Crippen LogP contribution in [0.4, 0.5) is 0 Å². The van der Waals surface area contributed by atoms with E-state index in [-0.39, 0.29) is 23.6 Å². The van der Waals surface area contributed by atoms with Gasteiger partial charge in [-0.2, -0.15) is 0 Å². The Kier molecular flexibility index (Phi) is 2.48. The maximum Gasteiger partial charge on any atom is 0.464 e. The summed E-state index contributed by atoms with van der Waals surface area (Å²) in [5.74, 6) is 1.08. The molecule has 1 aromatic carbocycles. The first kappa shape index (κ1) is 14.4. The third-order valence-electron chi connectivity index (χ3n) is 7.13. The molecule has 2 aliphatic heterocycles. The van der Waals surface area contributed by atoms with Crippen molar-refractivity contribution in [2.45, 2.75) is 75.3 Å². The molecule has 0 unspecified atom stereocenters. The van der Waals surface area contributed by atoms with E-state index in [1.807, 2.05) is 0 Å². The lowest BCUT2D eigenvalue weighted by Crippen LogP contribution is -2.66. The maximum atomic E-state index is 6.32. The first-order valence-corrected chi connectivity index (χ1v) is 8.87. The summed E-state index contributed by atoms with van der Waals surface area (Å²) in [5.41, 5.74) is 2.83. The molecule has 0 N–H and O–H groups in total. The van der Waals surface area contributed by atoms with Gasteiger partial charge in [-0.3, -0.25) is 0 Å². The molecule has 0 atom stereocenters. The topological polar surface area (TPSA) is 27.7 Å². The first-order valence-electron chi connectivity index (χ1n) is 8.87. The van der Waals surface area contributed by atoms with Gasteiger partial charge in [0.25, 0.3) is 0 Å². The van der Waals surface area contributed by atoms with Gasteiger partial charge in [-0.1, -0.05) is 12.1 Å². The van der Waals surface area contributed by atoms with Crippen molar-refractivity contribution in [2.24, 2.45) is 0 Å². The maximum absolute atomic E-state index is 6.32. The third-order valence-corrected chi connectivity index (χ3v) is 7.13. The van der Waals surface area contributed by atoms with Gasteiger partial charge >= 0.3 is 7.12 Å². The van der Waals surface area contributed by atoms with Crippen molar-refractivity contribution in [1.29, 1.82) is 0 Å². The number of fused-ring (bicyclic) bond motifs is 1. The molecule has 3 saturated carbocycles. The molecule has 0 spiro atoms. The van der Waals surface area contributed by atoms with Gasteiger partial charge in [0.15, 0.2) is 0 Å². The minimum absolute atomic E-state index is 0.0351. The number of hydrogen-bond acceptors (Lipinski definition) is 3. The van der Waals surface area contributed by atoms with Crippen LogP contribution in [0.2, 0.25) is 5.31 Å². The Morgan fingerprint density at radius 2 is 1.61 bits per heavy atom. The largest absolute Gasteiger partial charge is 0.493 e. The second kappa shape index (κ2) is 3.97. The van der Waals surface area contributed by atoms with Crippen molar-refractivity contribution in [3.63, 3.8) is 0 Å². The van der Waals surface area contributed by atoms with E-state index in [1.54, 1.807) is 0 Å². The van der Waals surface area contributed by atoms with Crippen molar-refractivity contribution in [3.05, 3.63) is 29.3 Å². The Bertz CT molecular complexity index is 658. The first-order chi connectivity index (χ1) is 10.8. The van der Waals surface area contributed by atoms with Gasteiger partial charge in [0.2, 0.25) is 0 Å². The van der Waals surface area contributed by atoms with E-state index in [0.29, 0.717) is 5.41 Å². The molecule has 2 heterocycles. The minimum atomic E-state index is -0.217. The highest BCUT2D eigenvalue weighted by Crippen LogP contribution is 2.80. The highest BCUT2D eigenvalue weighted by Gasteiger charge is 2.76. The van der Waals surface area contributed by atoms with Crippen LogP contribution in [0.3, 0.4) is 0 Å². The van der Waals surface area contributed by atoms with Crippen LogP contribution in [0.1, 0.15) is 58.1 Å². The van der Waals surface area contributed by atoms with E-state index in [0.717, 1.165) is 18.8 Å². The Hall–Kier alpha value is -0.995. The van der Waals surface area contributed by atoms with Crippen LogP contribution in [0.15, 0.2) is 18.2 Å². The summed E-state index contributed by atoms with van der Waals surface area (Å²) in [6, 6.07) is 6.83. The lowest BCUT2D eigenvalue weighted by atomic mass is 9.23. The molecular formula is C19H25BO3. The van der Waals surface area contributed by atoms with Crippen LogP contribution in [0.5, 0.6) is 5.75 Å². The number of ether oxygens (including phenoxy) is 1. The monoisotopic (exact) mass is 312 g/mol. The van der Waals surface area contributed by atoms with Crippen molar-refractivity contribution in [2.75, 3.05) is 6.61 Å². The zero-order valence-corrected chi connectivity index (χ0v) is 14.6. The molecule has 4 fully saturated rings. The van der Waals surface area contributed by atoms with Gasteiger partial charge in [0.05, 0.1) is 17.8 Å². The normalized spacial score (nSPS) is 38.5. The second-order valence-electron chi connectivity index (χ2n) is 9.18. The van der Waals surface area contributed by atoms with Crippen molar-refractivity contribution < 1.29 is 14.0 Å². The molecule has 0 amide bonds. The van der Waals surface area contributed by atoms with Crippen molar-refractivity contribution in [1.82, 2.24) is 0 Å². The zero-order valence-electron chi connectivity index (χ0n) is 14.6. The molecule has 6 rings (SSSR count). The van der Waals surface area contributed by atoms with Gasteiger partial charge < -0.3 is 14.0 Å². The van der Waals surface area contributed by atoms with Gasteiger partial charge in [-0.15, -0.1) is 0 Å². The van der Waals surface area contributed by atoms with E-state index in [1.165, 1.54) is 30.4 Å². The standard InChI is InChI=1S/C19H25BO3/c1-16(2)17(3,4)23-20(22-16)19-10-18(11-19,12-19)14-5-6-15-13(9-14)7-8-21-15/h5-6,9H,7-8,10-12H2,1-4H3. The fourth-order valence-corrected chi connectivity index (χ4v) is 5.03. The number of benzene rings is 1. The lowest BCUT2D eigenvalue weighted by Gasteiger charge is -2.71. The van der Waals surface area contributed by atoms with Crippen LogP contribution in [0.25, 0.3) is 0 Å². The molecule has 0 radical (unpaired) electrons.